The summed E-state index contributed by atoms with van der Waals surface area (Å²) in [5, 5.41) is 0. The highest BCUT2D eigenvalue weighted by molar-refractivity contribution is 5.93. The second-order valence-electron chi connectivity index (χ2n) is 6.71. The Hall–Kier alpha value is -2.18. The van der Waals surface area contributed by atoms with Crippen LogP contribution in [0.2, 0.25) is 0 Å². The molecule has 132 valence electrons. The second-order valence-corrected chi connectivity index (χ2v) is 6.71. The standard InChI is InChI=1S/C19H23N3O3/c1-21-10-2-4-16(21)19(23)22-12-17(18-15(22)5-3-11-24-18)25-13-14-6-8-20-9-7-14/h2,4,6-10,15,17-18H,3,5,11-13H2,1H3/t15-,17-,18+/m1/s1. The Morgan fingerprint density at radius 3 is 2.96 bits per heavy atom. The Balaban J connectivity index is 1.49. The predicted molar refractivity (Wildman–Crippen MR) is 92.0 cm³/mol. The molecule has 0 N–H and O–H groups in total. The zero-order valence-electron chi connectivity index (χ0n) is 14.4. The molecule has 0 aliphatic carbocycles. The summed E-state index contributed by atoms with van der Waals surface area (Å²) in [6.45, 7) is 1.82. The molecule has 6 nitrogen and oxygen atoms in total. The fourth-order valence-electron chi connectivity index (χ4n) is 3.80. The summed E-state index contributed by atoms with van der Waals surface area (Å²) in [4.78, 5) is 19.0. The van der Waals surface area contributed by atoms with Gasteiger partial charge in [0, 0.05) is 32.2 Å². The van der Waals surface area contributed by atoms with E-state index in [4.69, 9.17) is 9.47 Å². The molecule has 0 spiro atoms. The van der Waals surface area contributed by atoms with Crippen molar-refractivity contribution >= 4 is 5.91 Å². The van der Waals surface area contributed by atoms with Crippen LogP contribution in [0.1, 0.15) is 28.9 Å². The van der Waals surface area contributed by atoms with E-state index in [0.29, 0.717) is 18.8 Å². The number of carbonyl (C=O) groups is 1. The van der Waals surface area contributed by atoms with Crippen molar-refractivity contribution in [2.75, 3.05) is 13.2 Å². The van der Waals surface area contributed by atoms with E-state index in [-0.39, 0.29) is 24.2 Å². The van der Waals surface area contributed by atoms with Gasteiger partial charge in [-0.1, -0.05) is 0 Å². The van der Waals surface area contributed by atoms with Gasteiger partial charge in [-0.3, -0.25) is 9.78 Å². The zero-order valence-corrected chi connectivity index (χ0v) is 14.4. The first-order chi connectivity index (χ1) is 12.2. The molecule has 4 heterocycles. The smallest absolute Gasteiger partial charge is 0.270 e. The van der Waals surface area contributed by atoms with Gasteiger partial charge in [0.15, 0.2) is 0 Å². The van der Waals surface area contributed by atoms with Gasteiger partial charge < -0.3 is 18.9 Å². The van der Waals surface area contributed by atoms with Gasteiger partial charge in [0.1, 0.15) is 17.9 Å². The van der Waals surface area contributed by atoms with Crippen LogP contribution in [0.25, 0.3) is 0 Å². The van der Waals surface area contributed by atoms with Crippen LogP contribution in [0, 0.1) is 0 Å². The summed E-state index contributed by atoms with van der Waals surface area (Å²) in [6, 6.07) is 7.75. The third-order valence-electron chi connectivity index (χ3n) is 5.11. The first kappa shape index (κ1) is 16.3. The minimum Gasteiger partial charge on any atom is -0.373 e. The van der Waals surface area contributed by atoms with E-state index in [2.05, 4.69) is 4.98 Å². The van der Waals surface area contributed by atoms with Crippen molar-refractivity contribution in [1.29, 1.82) is 0 Å². The molecular formula is C19H23N3O3. The molecule has 2 saturated heterocycles. The number of nitrogens with zero attached hydrogens (tertiary/aromatic N) is 3. The summed E-state index contributed by atoms with van der Waals surface area (Å²) >= 11 is 0. The van der Waals surface area contributed by atoms with Crippen LogP contribution < -0.4 is 0 Å². The SMILES string of the molecule is Cn1cccc1C(=O)N1C[C@@H](OCc2ccncc2)[C@H]2OCCC[C@H]21. The fraction of sp³-hybridized carbons (Fsp3) is 0.474. The molecule has 3 atom stereocenters. The fourth-order valence-corrected chi connectivity index (χ4v) is 3.80. The minimum absolute atomic E-state index is 0.0418. The summed E-state index contributed by atoms with van der Waals surface area (Å²) in [5.74, 6) is 0.0583. The lowest BCUT2D eigenvalue weighted by molar-refractivity contribution is -0.0809. The number of fused-ring (bicyclic) bond motifs is 1. The van der Waals surface area contributed by atoms with E-state index in [1.54, 1.807) is 12.4 Å². The van der Waals surface area contributed by atoms with Crippen molar-refractivity contribution in [1.82, 2.24) is 14.5 Å². The van der Waals surface area contributed by atoms with Gasteiger partial charge in [-0.25, -0.2) is 0 Å². The largest absolute Gasteiger partial charge is 0.373 e. The number of aryl methyl sites for hydroxylation is 1. The molecule has 0 unspecified atom stereocenters. The number of rotatable bonds is 4. The maximum Gasteiger partial charge on any atom is 0.270 e. The topological polar surface area (TPSA) is 56.6 Å². The van der Waals surface area contributed by atoms with Crippen molar-refractivity contribution < 1.29 is 14.3 Å². The Bertz CT molecular complexity index is 731. The second kappa shape index (κ2) is 6.98. The van der Waals surface area contributed by atoms with E-state index in [1.807, 2.05) is 47.0 Å². The zero-order chi connectivity index (χ0) is 17.2. The molecule has 2 fully saturated rings. The van der Waals surface area contributed by atoms with E-state index < -0.39 is 0 Å². The van der Waals surface area contributed by atoms with Gasteiger partial charge >= 0.3 is 0 Å². The van der Waals surface area contributed by atoms with Crippen LogP contribution in [0.15, 0.2) is 42.9 Å². The molecule has 2 aromatic heterocycles. The van der Waals surface area contributed by atoms with Crippen LogP contribution in [-0.4, -0.2) is 51.8 Å². The van der Waals surface area contributed by atoms with E-state index >= 15 is 0 Å². The van der Waals surface area contributed by atoms with Crippen LogP contribution in [-0.2, 0) is 23.1 Å². The Kier molecular flexibility index (Phi) is 4.55. The minimum atomic E-state index is -0.0947. The Morgan fingerprint density at radius 2 is 2.20 bits per heavy atom. The van der Waals surface area contributed by atoms with Crippen LogP contribution in [0.3, 0.4) is 0 Å². The molecule has 2 aromatic rings. The lowest BCUT2D eigenvalue weighted by atomic mass is 10.0. The summed E-state index contributed by atoms with van der Waals surface area (Å²) in [5.41, 5.74) is 1.79. The van der Waals surface area contributed by atoms with Crippen LogP contribution in [0.5, 0.6) is 0 Å². The van der Waals surface area contributed by atoms with Crippen LogP contribution >= 0.6 is 0 Å². The number of aromatic nitrogens is 2. The lowest BCUT2D eigenvalue weighted by Gasteiger charge is -2.32. The monoisotopic (exact) mass is 341 g/mol. The first-order valence-electron chi connectivity index (χ1n) is 8.78. The van der Waals surface area contributed by atoms with Gasteiger partial charge in [-0.2, -0.15) is 0 Å². The third-order valence-corrected chi connectivity index (χ3v) is 5.11. The average molecular weight is 341 g/mol. The quantitative estimate of drug-likeness (QED) is 0.854. The third kappa shape index (κ3) is 3.19. The highest BCUT2D eigenvalue weighted by Crippen LogP contribution is 2.32. The maximum absolute atomic E-state index is 13.0. The van der Waals surface area contributed by atoms with Gasteiger partial charge in [0.2, 0.25) is 0 Å². The Labute approximate surface area is 147 Å². The van der Waals surface area contributed by atoms with E-state index in [1.165, 1.54) is 0 Å². The number of hydrogen-bond donors (Lipinski definition) is 0. The summed E-state index contributed by atoms with van der Waals surface area (Å²) in [6.07, 6.45) is 7.24. The van der Waals surface area contributed by atoms with Gasteiger partial charge in [-0.05, 0) is 42.7 Å². The molecular weight excluding hydrogens is 318 g/mol. The lowest BCUT2D eigenvalue weighted by Crippen LogP contribution is -2.44. The van der Waals surface area contributed by atoms with E-state index in [0.717, 1.165) is 25.0 Å². The number of hydrogen-bond acceptors (Lipinski definition) is 4. The molecule has 0 saturated carbocycles. The highest BCUT2D eigenvalue weighted by Gasteiger charge is 2.47. The number of ether oxygens (including phenoxy) is 2. The number of carbonyl (C=O) groups excluding carboxylic acids is 1. The molecule has 0 bridgehead atoms. The average Bonchev–Trinajstić information content (AvgIpc) is 3.24. The van der Waals surface area contributed by atoms with Crippen LogP contribution in [0.4, 0.5) is 0 Å². The molecule has 6 heteroatoms. The first-order valence-corrected chi connectivity index (χ1v) is 8.78. The van der Waals surface area contributed by atoms with Crippen molar-refractivity contribution in [3.63, 3.8) is 0 Å². The van der Waals surface area contributed by atoms with Gasteiger partial charge in [0.25, 0.3) is 5.91 Å². The number of amides is 1. The summed E-state index contributed by atoms with van der Waals surface area (Å²) < 4.78 is 14.0. The van der Waals surface area contributed by atoms with Gasteiger partial charge in [0.05, 0.1) is 19.2 Å². The van der Waals surface area contributed by atoms with Crippen molar-refractivity contribution in [3.8, 4) is 0 Å². The number of likely N-dealkylation sites (tertiary alicyclic amines) is 1. The molecule has 2 aliphatic rings. The molecule has 0 aromatic carbocycles. The van der Waals surface area contributed by atoms with E-state index in [9.17, 15) is 4.79 Å². The normalized spacial score (nSPS) is 25.8. The van der Waals surface area contributed by atoms with Crippen molar-refractivity contribution in [2.45, 2.75) is 37.7 Å². The highest BCUT2D eigenvalue weighted by atomic mass is 16.5. The Morgan fingerprint density at radius 1 is 1.36 bits per heavy atom. The molecule has 0 radical (unpaired) electrons. The maximum atomic E-state index is 13.0. The molecule has 25 heavy (non-hydrogen) atoms. The molecule has 1 amide bonds. The predicted octanol–water partition coefficient (Wildman–Crippen LogP) is 2.01. The van der Waals surface area contributed by atoms with Crippen molar-refractivity contribution in [2.24, 2.45) is 7.05 Å². The summed E-state index contributed by atoms with van der Waals surface area (Å²) in [7, 11) is 1.90. The molecule has 4 rings (SSSR count). The van der Waals surface area contributed by atoms with Crippen molar-refractivity contribution in [3.05, 3.63) is 54.1 Å². The van der Waals surface area contributed by atoms with Gasteiger partial charge in [-0.15, -0.1) is 0 Å². The molecule has 2 aliphatic heterocycles. The number of pyridine rings is 1.